The van der Waals surface area contributed by atoms with Crippen LogP contribution in [0, 0.1) is 13.8 Å². The molecule has 0 bridgehead atoms. The summed E-state index contributed by atoms with van der Waals surface area (Å²) in [6.45, 7) is 8.00. The minimum atomic E-state index is -0.202. The first kappa shape index (κ1) is 18.5. The normalized spacial score (nSPS) is 16.4. The van der Waals surface area contributed by atoms with Gasteiger partial charge in [0.1, 0.15) is 6.04 Å². The molecule has 1 atom stereocenters. The third-order valence-electron chi connectivity index (χ3n) is 5.39. The van der Waals surface area contributed by atoms with Gasteiger partial charge >= 0.3 is 0 Å². The summed E-state index contributed by atoms with van der Waals surface area (Å²) in [5.41, 5.74) is 5.08. The highest BCUT2D eigenvalue weighted by Gasteiger charge is 2.31. The number of benzene rings is 2. The molecule has 4 nitrogen and oxygen atoms in total. The number of nitrogens with zero attached hydrogens (tertiary/aromatic N) is 3. The Balaban J connectivity index is 1.78. The van der Waals surface area contributed by atoms with Gasteiger partial charge in [0.25, 0.3) is 0 Å². The second-order valence-electron chi connectivity index (χ2n) is 7.29. The smallest absolute Gasteiger partial charge is 0.244 e. The Bertz CT molecular complexity index is 749. The second-order valence-corrected chi connectivity index (χ2v) is 7.29. The lowest BCUT2D eigenvalue weighted by atomic mass is 10.0. The van der Waals surface area contributed by atoms with Gasteiger partial charge in [0.15, 0.2) is 0 Å². The molecule has 138 valence electrons. The van der Waals surface area contributed by atoms with Gasteiger partial charge in [-0.2, -0.15) is 0 Å². The maximum atomic E-state index is 12.9. The van der Waals surface area contributed by atoms with Crippen LogP contribution in [0.3, 0.4) is 0 Å². The van der Waals surface area contributed by atoms with Crippen LogP contribution in [0.4, 0.5) is 5.69 Å². The van der Waals surface area contributed by atoms with Crippen LogP contribution in [0.1, 0.15) is 22.7 Å². The summed E-state index contributed by atoms with van der Waals surface area (Å²) >= 11 is 0. The minimum Gasteiger partial charge on any atom is -0.369 e. The lowest BCUT2D eigenvalue weighted by Crippen LogP contribution is -2.51. The molecule has 2 aromatic carbocycles. The molecule has 3 rings (SSSR count). The van der Waals surface area contributed by atoms with Crippen LogP contribution in [0.25, 0.3) is 0 Å². The molecule has 26 heavy (non-hydrogen) atoms. The molecule has 1 aliphatic heterocycles. The van der Waals surface area contributed by atoms with E-state index in [1.165, 1.54) is 16.8 Å². The number of carbonyl (C=O) groups excluding carboxylic acids is 1. The van der Waals surface area contributed by atoms with Crippen molar-refractivity contribution in [2.75, 3.05) is 45.2 Å². The number of aryl methyl sites for hydroxylation is 1. The van der Waals surface area contributed by atoms with Crippen molar-refractivity contribution in [3.8, 4) is 0 Å². The first-order valence-corrected chi connectivity index (χ1v) is 9.30. The number of hydrogen-bond donors (Lipinski definition) is 0. The fourth-order valence-corrected chi connectivity index (χ4v) is 3.69. The third-order valence-corrected chi connectivity index (χ3v) is 5.39. The molecule has 0 unspecified atom stereocenters. The number of likely N-dealkylation sites (N-methyl/N-ethyl adjacent to an activating group) is 1. The van der Waals surface area contributed by atoms with Gasteiger partial charge in [-0.3, -0.25) is 9.69 Å². The molecule has 1 saturated heterocycles. The molecule has 1 amide bonds. The Morgan fingerprint density at radius 3 is 2.19 bits per heavy atom. The molecule has 1 aliphatic rings. The summed E-state index contributed by atoms with van der Waals surface area (Å²) in [5.74, 6) is 0.149. The molecule has 0 aromatic heterocycles. The van der Waals surface area contributed by atoms with Crippen LogP contribution in [-0.2, 0) is 4.79 Å². The van der Waals surface area contributed by atoms with E-state index in [4.69, 9.17) is 0 Å². The molecule has 2 aromatic rings. The Hall–Kier alpha value is -2.33. The molecule has 4 heteroatoms. The standard InChI is InChI=1S/C22H29N3O/c1-17-9-8-12-20(18(17)2)24-13-15-25(16-14-24)21(22(26)23(3)4)19-10-6-5-7-11-19/h5-12,21H,13-16H2,1-4H3/t21-/m1/s1. The maximum absolute atomic E-state index is 12.9. The van der Waals surface area contributed by atoms with Gasteiger partial charge in [0.05, 0.1) is 0 Å². The summed E-state index contributed by atoms with van der Waals surface area (Å²) in [6, 6.07) is 16.4. The van der Waals surface area contributed by atoms with Crippen molar-refractivity contribution < 1.29 is 4.79 Å². The van der Waals surface area contributed by atoms with Crippen molar-refractivity contribution in [1.82, 2.24) is 9.80 Å². The molecule has 0 aliphatic carbocycles. The van der Waals surface area contributed by atoms with E-state index in [1.54, 1.807) is 4.90 Å². The monoisotopic (exact) mass is 351 g/mol. The molecule has 1 heterocycles. The van der Waals surface area contributed by atoms with Gasteiger partial charge in [0, 0.05) is 46.0 Å². The van der Waals surface area contributed by atoms with Crippen molar-refractivity contribution in [2.45, 2.75) is 19.9 Å². The Morgan fingerprint density at radius 1 is 0.923 bits per heavy atom. The predicted molar refractivity (Wildman–Crippen MR) is 108 cm³/mol. The lowest BCUT2D eigenvalue weighted by molar-refractivity contribution is -0.134. The lowest BCUT2D eigenvalue weighted by Gasteiger charge is -2.41. The molecule has 0 saturated carbocycles. The van der Waals surface area contributed by atoms with E-state index in [9.17, 15) is 4.79 Å². The van der Waals surface area contributed by atoms with Crippen LogP contribution in [0.5, 0.6) is 0 Å². The number of rotatable bonds is 4. The van der Waals surface area contributed by atoms with Crippen molar-refractivity contribution in [1.29, 1.82) is 0 Å². The van der Waals surface area contributed by atoms with Crippen LogP contribution in [0.15, 0.2) is 48.5 Å². The summed E-state index contributed by atoms with van der Waals surface area (Å²) in [4.78, 5) is 19.3. The van der Waals surface area contributed by atoms with Crippen molar-refractivity contribution in [3.63, 3.8) is 0 Å². The highest BCUT2D eigenvalue weighted by atomic mass is 16.2. The summed E-state index contributed by atoms with van der Waals surface area (Å²) in [6.07, 6.45) is 0. The van der Waals surface area contributed by atoms with Crippen LogP contribution < -0.4 is 4.90 Å². The van der Waals surface area contributed by atoms with Crippen molar-refractivity contribution in [3.05, 3.63) is 65.2 Å². The summed E-state index contributed by atoms with van der Waals surface area (Å²) in [7, 11) is 3.68. The molecule has 0 N–H and O–H groups in total. The van der Waals surface area contributed by atoms with Gasteiger partial charge in [0.2, 0.25) is 5.91 Å². The van der Waals surface area contributed by atoms with E-state index in [0.29, 0.717) is 0 Å². The SMILES string of the molecule is Cc1cccc(N2CCN([C@@H](C(=O)N(C)C)c3ccccc3)CC2)c1C. The molecular formula is C22H29N3O. The quantitative estimate of drug-likeness (QED) is 0.846. The third kappa shape index (κ3) is 3.75. The summed E-state index contributed by atoms with van der Waals surface area (Å²) < 4.78 is 0. The average Bonchev–Trinajstić information content (AvgIpc) is 2.65. The molecule has 1 fully saturated rings. The van der Waals surface area contributed by atoms with Gasteiger partial charge in [-0.1, -0.05) is 42.5 Å². The second kappa shape index (κ2) is 7.92. The summed E-state index contributed by atoms with van der Waals surface area (Å²) in [5, 5.41) is 0. The van der Waals surface area contributed by atoms with E-state index in [0.717, 1.165) is 31.7 Å². The fourth-order valence-electron chi connectivity index (χ4n) is 3.69. The van der Waals surface area contributed by atoms with Gasteiger partial charge < -0.3 is 9.80 Å². The number of amides is 1. The Morgan fingerprint density at radius 2 is 1.58 bits per heavy atom. The zero-order chi connectivity index (χ0) is 18.7. The van der Waals surface area contributed by atoms with Crippen LogP contribution in [-0.4, -0.2) is 56.0 Å². The molecular weight excluding hydrogens is 322 g/mol. The molecule has 0 radical (unpaired) electrons. The Kier molecular flexibility index (Phi) is 5.62. The predicted octanol–water partition coefficient (Wildman–Crippen LogP) is 3.25. The van der Waals surface area contributed by atoms with Gasteiger partial charge in [-0.25, -0.2) is 0 Å². The van der Waals surface area contributed by atoms with E-state index in [-0.39, 0.29) is 11.9 Å². The van der Waals surface area contributed by atoms with Crippen molar-refractivity contribution >= 4 is 11.6 Å². The molecule has 0 spiro atoms. The Labute approximate surface area is 157 Å². The first-order chi connectivity index (χ1) is 12.5. The average molecular weight is 351 g/mol. The maximum Gasteiger partial charge on any atom is 0.244 e. The topological polar surface area (TPSA) is 26.8 Å². The first-order valence-electron chi connectivity index (χ1n) is 9.30. The van der Waals surface area contributed by atoms with Crippen LogP contribution in [0.2, 0.25) is 0 Å². The van der Waals surface area contributed by atoms with Crippen LogP contribution >= 0.6 is 0 Å². The van der Waals surface area contributed by atoms with Crippen molar-refractivity contribution in [2.24, 2.45) is 0 Å². The highest BCUT2D eigenvalue weighted by molar-refractivity contribution is 5.83. The van der Waals surface area contributed by atoms with E-state index in [1.807, 2.05) is 32.3 Å². The fraction of sp³-hybridized carbons (Fsp3) is 0.409. The van der Waals surface area contributed by atoms with E-state index < -0.39 is 0 Å². The number of piperazine rings is 1. The zero-order valence-electron chi connectivity index (χ0n) is 16.3. The number of carbonyl (C=O) groups is 1. The van der Waals surface area contributed by atoms with E-state index in [2.05, 4.69) is 54.0 Å². The largest absolute Gasteiger partial charge is 0.369 e. The zero-order valence-corrected chi connectivity index (χ0v) is 16.3. The van der Waals surface area contributed by atoms with E-state index >= 15 is 0 Å². The minimum absolute atomic E-state index is 0.149. The van der Waals surface area contributed by atoms with Gasteiger partial charge in [-0.15, -0.1) is 0 Å². The number of anilines is 1. The number of hydrogen-bond acceptors (Lipinski definition) is 3. The van der Waals surface area contributed by atoms with Gasteiger partial charge in [-0.05, 0) is 36.6 Å². The highest BCUT2D eigenvalue weighted by Crippen LogP contribution is 2.28.